The van der Waals surface area contributed by atoms with Crippen LogP contribution in [-0.4, -0.2) is 49.8 Å². The number of hydrogen-bond donors (Lipinski definition) is 1. The predicted octanol–water partition coefficient (Wildman–Crippen LogP) is 1.12. The number of sulfonamides is 1. The molecule has 1 aromatic carbocycles. The highest BCUT2D eigenvalue weighted by Gasteiger charge is 2.35. The predicted molar refractivity (Wildman–Crippen MR) is 76.3 cm³/mol. The van der Waals surface area contributed by atoms with Gasteiger partial charge in [-0.3, -0.25) is 4.90 Å². The molecule has 2 rings (SSSR count). The van der Waals surface area contributed by atoms with Gasteiger partial charge in [-0.2, -0.15) is 4.31 Å². The van der Waals surface area contributed by atoms with Crippen LogP contribution < -0.4 is 5.73 Å². The molecule has 2 atom stereocenters. The largest absolute Gasteiger partial charge is 0.398 e. The van der Waals surface area contributed by atoms with Gasteiger partial charge in [-0.25, -0.2) is 12.8 Å². The van der Waals surface area contributed by atoms with Gasteiger partial charge in [0.2, 0.25) is 10.0 Å². The fourth-order valence-electron chi connectivity index (χ4n) is 2.42. The van der Waals surface area contributed by atoms with Crippen molar-refractivity contribution in [2.75, 3.05) is 25.9 Å². The quantitative estimate of drug-likeness (QED) is 0.831. The number of halogens is 1. The van der Waals surface area contributed by atoms with Crippen LogP contribution in [0.5, 0.6) is 0 Å². The van der Waals surface area contributed by atoms with Crippen molar-refractivity contribution in [1.29, 1.82) is 0 Å². The van der Waals surface area contributed by atoms with Crippen LogP contribution in [0.4, 0.5) is 10.1 Å². The lowest BCUT2D eigenvalue weighted by Gasteiger charge is -2.41. The lowest BCUT2D eigenvalue weighted by atomic mass is 10.1. The van der Waals surface area contributed by atoms with Gasteiger partial charge >= 0.3 is 0 Å². The number of benzene rings is 1. The van der Waals surface area contributed by atoms with Gasteiger partial charge in [-0.1, -0.05) is 0 Å². The lowest BCUT2D eigenvalue weighted by Crippen LogP contribution is -2.56. The Kier molecular flexibility index (Phi) is 4.04. The van der Waals surface area contributed by atoms with E-state index < -0.39 is 15.8 Å². The number of likely N-dealkylation sites (N-methyl/N-ethyl adjacent to an activating group) is 1. The summed E-state index contributed by atoms with van der Waals surface area (Å²) in [6, 6.07) is 3.62. The molecule has 0 amide bonds. The van der Waals surface area contributed by atoms with E-state index in [0.29, 0.717) is 13.1 Å². The molecular weight excluding hydrogens is 281 g/mol. The molecule has 1 heterocycles. The summed E-state index contributed by atoms with van der Waals surface area (Å²) >= 11 is 0. The zero-order chi connectivity index (χ0) is 15.1. The van der Waals surface area contributed by atoms with E-state index >= 15 is 0 Å². The van der Waals surface area contributed by atoms with E-state index in [1.54, 1.807) is 0 Å². The Morgan fingerprint density at radius 2 is 1.80 bits per heavy atom. The van der Waals surface area contributed by atoms with Crippen LogP contribution in [0.3, 0.4) is 0 Å². The minimum absolute atomic E-state index is 0.0747. The maximum atomic E-state index is 13.3. The van der Waals surface area contributed by atoms with Crippen LogP contribution in [0.25, 0.3) is 0 Å². The highest BCUT2D eigenvalue weighted by molar-refractivity contribution is 7.89. The lowest BCUT2D eigenvalue weighted by molar-refractivity contribution is 0.105. The van der Waals surface area contributed by atoms with Crippen molar-refractivity contribution < 1.29 is 12.8 Å². The van der Waals surface area contributed by atoms with Crippen LogP contribution in [0, 0.1) is 5.82 Å². The molecule has 0 radical (unpaired) electrons. The molecule has 1 fully saturated rings. The summed E-state index contributed by atoms with van der Waals surface area (Å²) < 4.78 is 39.9. The maximum Gasteiger partial charge on any atom is 0.245 e. The van der Waals surface area contributed by atoms with E-state index in [2.05, 4.69) is 4.90 Å². The van der Waals surface area contributed by atoms with Crippen molar-refractivity contribution in [3.63, 3.8) is 0 Å². The molecule has 0 aromatic heterocycles. The molecular formula is C13H20FN3O2S. The molecule has 0 spiro atoms. The average Bonchev–Trinajstić information content (AvgIpc) is 2.38. The highest BCUT2D eigenvalue weighted by atomic mass is 32.2. The molecule has 1 aliphatic heterocycles. The summed E-state index contributed by atoms with van der Waals surface area (Å²) in [6.07, 6.45) is 0. The van der Waals surface area contributed by atoms with Crippen molar-refractivity contribution in [2.24, 2.45) is 0 Å². The Bertz CT molecular complexity index is 594. The first-order chi connectivity index (χ1) is 9.23. The van der Waals surface area contributed by atoms with Crippen LogP contribution in [0.15, 0.2) is 23.1 Å². The Hall–Kier alpha value is -1.18. The molecule has 1 saturated heterocycles. The Morgan fingerprint density at radius 1 is 1.25 bits per heavy atom. The second-order valence-corrected chi connectivity index (χ2v) is 7.27. The highest BCUT2D eigenvalue weighted by Crippen LogP contribution is 2.26. The van der Waals surface area contributed by atoms with Crippen LogP contribution in [0.1, 0.15) is 13.8 Å². The van der Waals surface area contributed by atoms with Gasteiger partial charge in [0.25, 0.3) is 0 Å². The molecule has 0 saturated carbocycles. The molecule has 2 unspecified atom stereocenters. The van der Waals surface area contributed by atoms with E-state index in [4.69, 9.17) is 5.73 Å². The summed E-state index contributed by atoms with van der Waals surface area (Å²) in [4.78, 5) is 1.97. The van der Waals surface area contributed by atoms with Gasteiger partial charge in [0.15, 0.2) is 0 Å². The molecule has 20 heavy (non-hydrogen) atoms. The van der Waals surface area contributed by atoms with Gasteiger partial charge in [0, 0.05) is 25.2 Å². The zero-order valence-electron chi connectivity index (χ0n) is 11.9. The van der Waals surface area contributed by atoms with Crippen molar-refractivity contribution in [3.8, 4) is 0 Å². The summed E-state index contributed by atoms with van der Waals surface area (Å²) in [5.41, 5.74) is 5.77. The van der Waals surface area contributed by atoms with Crippen molar-refractivity contribution in [1.82, 2.24) is 9.21 Å². The fourth-order valence-corrected chi connectivity index (χ4v) is 4.15. The number of anilines is 1. The summed E-state index contributed by atoms with van der Waals surface area (Å²) in [7, 11) is -1.79. The summed E-state index contributed by atoms with van der Waals surface area (Å²) in [6.45, 7) is 4.68. The third kappa shape index (κ3) is 2.65. The van der Waals surface area contributed by atoms with Gasteiger partial charge in [0.05, 0.1) is 5.69 Å². The van der Waals surface area contributed by atoms with Gasteiger partial charge < -0.3 is 5.73 Å². The number of rotatable bonds is 2. The van der Waals surface area contributed by atoms with E-state index in [0.717, 1.165) is 12.1 Å². The van der Waals surface area contributed by atoms with Gasteiger partial charge in [-0.15, -0.1) is 0 Å². The molecule has 2 N–H and O–H groups in total. The second-order valence-electron chi connectivity index (χ2n) is 5.37. The van der Waals surface area contributed by atoms with Crippen molar-refractivity contribution in [3.05, 3.63) is 24.0 Å². The first-order valence-corrected chi connectivity index (χ1v) is 7.94. The third-order valence-corrected chi connectivity index (χ3v) is 5.81. The minimum atomic E-state index is -3.76. The van der Waals surface area contributed by atoms with Crippen LogP contribution in [-0.2, 0) is 10.0 Å². The number of nitrogen functional groups attached to an aromatic ring is 1. The van der Waals surface area contributed by atoms with Gasteiger partial charge in [0.1, 0.15) is 10.7 Å². The summed E-state index contributed by atoms with van der Waals surface area (Å²) in [5.74, 6) is -0.604. The topological polar surface area (TPSA) is 66.6 Å². The third-order valence-electron chi connectivity index (χ3n) is 3.92. The van der Waals surface area contributed by atoms with E-state index in [-0.39, 0.29) is 22.7 Å². The van der Waals surface area contributed by atoms with Crippen molar-refractivity contribution in [2.45, 2.75) is 30.8 Å². The molecule has 1 aromatic rings. The SMILES string of the molecule is CC1CN(S(=O)(=O)c2cc(F)ccc2N)CC(C)N1C. The van der Waals surface area contributed by atoms with Crippen LogP contribution >= 0.6 is 0 Å². The standard InChI is InChI=1S/C13H20FN3O2S/c1-9-7-17(8-10(2)16(9)3)20(18,19)13-6-11(14)4-5-12(13)15/h4-6,9-10H,7-8,15H2,1-3H3. The fraction of sp³-hybridized carbons (Fsp3) is 0.538. The summed E-state index contributed by atoms with van der Waals surface area (Å²) in [5, 5.41) is 0. The molecule has 0 aliphatic carbocycles. The minimum Gasteiger partial charge on any atom is -0.398 e. The Balaban J connectivity index is 2.38. The van der Waals surface area contributed by atoms with E-state index in [1.165, 1.54) is 10.4 Å². The maximum absolute atomic E-state index is 13.3. The van der Waals surface area contributed by atoms with E-state index in [1.807, 2.05) is 20.9 Å². The first kappa shape index (κ1) is 15.2. The van der Waals surface area contributed by atoms with Crippen LogP contribution in [0.2, 0.25) is 0 Å². The molecule has 5 nitrogen and oxygen atoms in total. The first-order valence-electron chi connectivity index (χ1n) is 6.50. The Morgan fingerprint density at radius 3 is 2.35 bits per heavy atom. The normalized spacial score (nSPS) is 25.8. The molecule has 0 bridgehead atoms. The second kappa shape index (κ2) is 5.31. The number of piperazine rings is 1. The van der Waals surface area contributed by atoms with Gasteiger partial charge in [-0.05, 0) is 39.1 Å². The number of nitrogens with zero attached hydrogens (tertiary/aromatic N) is 2. The monoisotopic (exact) mass is 301 g/mol. The van der Waals surface area contributed by atoms with Crippen molar-refractivity contribution >= 4 is 15.7 Å². The Labute approximate surface area is 119 Å². The van der Waals surface area contributed by atoms with E-state index in [9.17, 15) is 12.8 Å². The smallest absolute Gasteiger partial charge is 0.245 e. The zero-order valence-corrected chi connectivity index (χ0v) is 12.7. The average molecular weight is 301 g/mol. The molecule has 7 heteroatoms. The number of hydrogen-bond acceptors (Lipinski definition) is 4. The molecule has 1 aliphatic rings. The molecule has 112 valence electrons. The number of nitrogens with two attached hydrogens (primary N) is 1.